The molecule has 0 atom stereocenters. The number of oxazole rings is 1. The molecule has 28 heavy (non-hydrogen) atoms. The molecule has 1 aromatic carbocycles. The van der Waals surface area contributed by atoms with Crippen molar-refractivity contribution in [3.63, 3.8) is 0 Å². The van der Waals surface area contributed by atoms with Crippen LogP contribution in [-0.2, 0) is 17.2 Å². The van der Waals surface area contributed by atoms with Crippen molar-refractivity contribution >= 4 is 24.7 Å². The molecule has 0 unspecified atom stereocenters. The average Bonchev–Trinajstić information content (AvgIpc) is 3.10. The lowest BCUT2D eigenvalue weighted by atomic mass is 10.0. The largest absolute Gasteiger partial charge is 0.494 e. The molecular formula is C18H14BF3N2O4. The first kappa shape index (κ1) is 19.7. The third-order valence-electron chi connectivity index (χ3n) is 3.91. The molecule has 2 heterocycles. The Labute approximate surface area is 159 Å². The van der Waals surface area contributed by atoms with Crippen LogP contribution in [0.15, 0.2) is 28.7 Å². The van der Waals surface area contributed by atoms with Crippen molar-refractivity contribution in [3.8, 4) is 17.2 Å². The van der Waals surface area contributed by atoms with E-state index in [1.54, 1.807) is 13.0 Å². The number of alkyl halides is 3. The lowest BCUT2D eigenvalue weighted by molar-refractivity contribution is -0.140. The van der Waals surface area contributed by atoms with Gasteiger partial charge in [-0.15, -0.1) is 0 Å². The second-order valence-electron chi connectivity index (χ2n) is 5.63. The molecule has 3 aromatic rings. The zero-order valence-electron chi connectivity index (χ0n) is 15.0. The van der Waals surface area contributed by atoms with Gasteiger partial charge in [0.2, 0.25) is 11.7 Å². The molecule has 0 aliphatic heterocycles. The van der Waals surface area contributed by atoms with Gasteiger partial charge in [-0.25, -0.2) is 14.8 Å². The topological polar surface area (TPSA) is 74.5 Å². The van der Waals surface area contributed by atoms with Gasteiger partial charge in [-0.2, -0.15) is 13.2 Å². The summed E-state index contributed by atoms with van der Waals surface area (Å²) in [5.41, 5.74) is -0.558. The number of esters is 1. The Morgan fingerprint density at radius 1 is 1.21 bits per heavy atom. The van der Waals surface area contributed by atoms with Crippen molar-refractivity contribution in [2.24, 2.45) is 0 Å². The molecule has 2 radical (unpaired) electrons. The number of hydrogen-bond donors (Lipinski definition) is 0. The summed E-state index contributed by atoms with van der Waals surface area (Å²) in [4.78, 5) is 19.9. The van der Waals surface area contributed by atoms with E-state index in [1.807, 2.05) is 0 Å². The number of carbonyl (C=O) groups is 1. The van der Waals surface area contributed by atoms with Gasteiger partial charge in [-0.3, -0.25) is 0 Å². The van der Waals surface area contributed by atoms with Crippen LogP contribution in [0.2, 0.25) is 0 Å². The Bertz CT molecular complexity index is 1030. The number of halogens is 3. The van der Waals surface area contributed by atoms with Crippen LogP contribution in [0.3, 0.4) is 0 Å². The summed E-state index contributed by atoms with van der Waals surface area (Å²) in [5, 5.41) is 0.313. The predicted octanol–water partition coefficient (Wildman–Crippen LogP) is 3.76. The fraction of sp³-hybridized carbons (Fsp3) is 0.278. The molecular weight excluding hydrogens is 376 g/mol. The number of carbonyl (C=O) groups excluding carboxylic acids is 1. The second kappa shape index (κ2) is 7.53. The van der Waals surface area contributed by atoms with Crippen molar-refractivity contribution in [3.05, 3.63) is 41.4 Å². The van der Waals surface area contributed by atoms with E-state index in [0.717, 1.165) is 6.07 Å². The smallest absolute Gasteiger partial charge is 0.433 e. The highest BCUT2D eigenvalue weighted by molar-refractivity contribution is 6.09. The highest BCUT2D eigenvalue weighted by atomic mass is 19.4. The van der Waals surface area contributed by atoms with Gasteiger partial charge in [0.05, 0.1) is 27.3 Å². The normalized spacial score (nSPS) is 11.6. The number of ether oxygens (including phenoxy) is 2. The summed E-state index contributed by atoms with van der Waals surface area (Å²) in [6, 6.07) is 5.10. The molecule has 10 heteroatoms. The Kier molecular flexibility index (Phi) is 5.30. The molecule has 0 fully saturated rings. The summed E-state index contributed by atoms with van der Waals surface area (Å²) in [6.45, 7) is 1.77. The Morgan fingerprint density at radius 3 is 2.57 bits per heavy atom. The number of benzene rings is 1. The minimum absolute atomic E-state index is 0.0118. The minimum Gasteiger partial charge on any atom is -0.494 e. The molecule has 0 amide bonds. The van der Waals surface area contributed by atoms with Crippen LogP contribution in [0.1, 0.15) is 28.9 Å². The summed E-state index contributed by atoms with van der Waals surface area (Å²) in [7, 11) is 6.94. The maximum absolute atomic E-state index is 13.0. The summed E-state index contributed by atoms with van der Waals surface area (Å²) < 4.78 is 54.7. The number of rotatable bonds is 5. The number of fused-ring (bicyclic) bond motifs is 1. The number of pyridine rings is 1. The van der Waals surface area contributed by atoms with E-state index in [9.17, 15) is 18.0 Å². The first-order valence-electron chi connectivity index (χ1n) is 8.22. The second-order valence-corrected chi connectivity index (χ2v) is 5.63. The van der Waals surface area contributed by atoms with Crippen molar-refractivity contribution in [1.82, 2.24) is 9.97 Å². The van der Waals surface area contributed by atoms with Gasteiger partial charge in [0, 0.05) is 10.9 Å². The van der Waals surface area contributed by atoms with Gasteiger partial charge in [0.1, 0.15) is 17.0 Å². The molecule has 0 bridgehead atoms. The maximum atomic E-state index is 13.0. The van der Waals surface area contributed by atoms with E-state index < -0.39 is 17.8 Å². The first-order valence-corrected chi connectivity index (χ1v) is 8.22. The zero-order valence-corrected chi connectivity index (χ0v) is 15.0. The number of hydrogen-bond acceptors (Lipinski definition) is 6. The summed E-state index contributed by atoms with van der Waals surface area (Å²) >= 11 is 0. The van der Waals surface area contributed by atoms with Crippen molar-refractivity contribution in [2.45, 2.75) is 19.4 Å². The van der Waals surface area contributed by atoms with Gasteiger partial charge in [-0.1, -0.05) is 0 Å². The van der Waals surface area contributed by atoms with Crippen LogP contribution >= 0.6 is 0 Å². The Morgan fingerprint density at radius 2 is 1.96 bits per heavy atom. The molecule has 0 spiro atoms. The molecule has 0 N–H and O–H groups in total. The maximum Gasteiger partial charge on any atom is 0.433 e. The van der Waals surface area contributed by atoms with Crippen LogP contribution in [0.4, 0.5) is 13.2 Å². The van der Waals surface area contributed by atoms with Crippen LogP contribution in [0, 0.1) is 0 Å². The lowest BCUT2D eigenvalue weighted by Crippen LogP contribution is -2.08. The fourth-order valence-corrected chi connectivity index (χ4v) is 2.66. The molecule has 144 valence electrons. The SMILES string of the molecule is [B]Cc1nc(-c2ccc(OC)c3nc(C(F)(F)F)ccc23)oc1C(=O)OCC. The van der Waals surface area contributed by atoms with E-state index in [-0.39, 0.29) is 41.5 Å². The van der Waals surface area contributed by atoms with Crippen LogP contribution in [0.5, 0.6) is 5.75 Å². The van der Waals surface area contributed by atoms with E-state index in [1.165, 1.54) is 19.2 Å². The molecule has 0 saturated carbocycles. The molecule has 0 aliphatic rings. The van der Waals surface area contributed by atoms with E-state index in [2.05, 4.69) is 9.97 Å². The fourth-order valence-electron chi connectivity index (χ4n) is 2.66. The van der Waals surface area contributed by atoms with Gasteiger partial charge in [-0.05, 0) is 37.5 Å². The van der Waals surface area contributed by atoms with E-state index >= 15 is 0 Å². The van der Waals surface area contributed by atoms with Gasteiger partial charge >= 0.3 is 12.1 Å². The third kappa shape index (κ3) is 3.54. The molecule has 6 nitrogen and oxygen atoms in total. The van der Waals surface area contributed by atoms with Crippen LogP contribution in [0.25, 0.3) is 22.4 Å². The Balaban J connectivity index is 2.20. The van der Waals surface area contributed by atoms with Crippen molar-refractivity contribution in [2.75, 3.05) is 13.7 Å². The average molecular weight is 390 g/mol. The van der Waals surface area contributed by atoms with Crippen LogP contribution < -0.4 is 4.74 Å². The first-order chi connectivity index (χ1) is 13.3. The van der Waals surface area contributed by atoms with Crippen LogP contribution in [-0.4, -0.2) is 37.5 Å². The van der Waals surface area contributed by atoms with Crippen molar-refractivity contribution < 1.29 is 31.9 Å². The van der Waals surface area contributed by atoms with Gasteiger partial charge < -0.3 is 13.9 Å². The lowest BCUT2D eigenvalue weighted by Gasteiger charge is -2.11. The predicted molar refractivity (Wildman–Crippen MR) is 94.2 cm³/mol. The Hall–Kier alpha value is -3.04. The zero-order chi connectivity index (χ0) is 20.5. The minimum atomic E-state index is -4.61. The van der Waals surface area contributed by atoms with Crippen molar-refractivity contribution in [1.29, 1.82) is 0 Å². The quantitative estimate of drug-likeness (QED) is 0.488. The highest BCUT2D eigenvalue weighted by Crippen LogP contribution is 2.37. The van der Waals surface area contributed by atoms with Gasteiger partial charge in [0.15, 0.2) is 0 Å². The number of nitrogens with zero attached hydrogens (tertiary/aromatic N) is 2. The number of methoxy groups -OCH3 is 1. The molecule has 2 aromatic heterocycles. The molecule has 3 rings (SSSR count). The standard InChI is InChI=1S/C18H14BF3N2O4/c1-3-27-17(25)15-11(8-19)23-16(28-15)10-4-6-12(26-2)14-9(10)5-7-13(24-14)18(20,21)22/h4-7H,3,8H2,1-2H3. The molecule has 0 saturated heterocycles. The number of aromatic nitrogens is 2. The third-order valence-corrected chi connectivity index (χ3v) is 3.91. The van der Waals surface area contributed by atoms with Gasteiger partial charge in [0.25, 0.3) is 0 Å². The molecule has 0 aliphatic carbocycles. The van der Waals surface area contributed by atoms with E-state index in [4.69, 9.17) is 21.7 Å². The summed E-state index contributed by atoms with van der Waals surface area (Å²) in [5.74, 6) is -0.709. The summed E-state index contributed by atoms with van der Waals surface area (Å²) in [6.07, 6.45) is -4.69. The van der Waals surface area contributed by atoms with E-state index in [0.29, 0.717) is 10.9 Å². The highest BCUT2D eigenvalue weighted by Gasteiger charge is 2.33. The monoisotopic (exact) mass is 390 g/mol.